The van der Waals surface area contributed by atoms with Gasteiger partial charge in [-0.15, -0.1) is 0 Å². The summed E-state index contributed by atoms with van der Waals surface area (Å²) in [5, 5.41) is 0. The van der Waals surface area contributed by atoms with Crippen LogP contribution in [0.3, 0.4) is 0 Å². The molecule has 0 aliphatic heterocycles. The first-order valence-corrected chi connectivity index (χ1v) is 23.7. The molecule has 0 aromatic heterocycles. The van der Waals surface area contributed by atoms with Gasteiger partial charge in [-0.2, -0.15) is 0 Å². The summed E-state index contributed by atoms with van der Waals surface area (Å²) >= 11 is 0. The van der Waals surface area contributed by atoms with Gasteiger partial charge in [0, 0.05) is 19.3 Å². The molecule has 0 aromatic rings. The smallest absolute Gasteiger partial charge is 0.306 e. The molecule has 0 N–H and O–H groups in total. The lowest BCUT2D eigenvalue weighted by molar-refractivity contribution is -0.167. The summed E-state index contributed by atoms with van der Waals surface area (Å²) < 4.78 is 16.6. The Balaban J connectivity index is 4.53. The second-order valence-corrected chi connectivity index (χ2v) is 15.4. The van der Waals surface area contributed by atoms with Crippen LogP contribution in [0, 0.1) is 0 Å². The van der Waals surface area contributed by atoms with Crippen LogP contribution in [0.5, 0.6) is 0 Å². The molecule has 0 fully saturated rings. The van der Waals surface area contributed by atoms with E-state index >= 15 is 0 Å². The first kappa shape index (κ1) is 54.6. The van der Waals surface area contributed by atoms with Gasteiger partial charge < -0.3 is 14.2 Å². The Morgan fingerprint density at radius 2 is 0.690 bits per heavy atom. The van der Waals surface area contributed by atoms with Crippen molar-refractivity contribution in [2.75, 3.05) is 13.2 Å². The minimum absolute atomic E-state index is 0.113. The molecular formula is C52H86O6. The van der Waals surface area contributed by atoms with E-state index in [0.29, 0.717) is 19.3 Å². The lowest BCUT2D eigenvalue weighted by atomic mass is 10.1. The second kappa shape index (κ2) is 46.3. The predicted octanol–water partition coefficient (Wildman–Crippen LogP) is 15.3. The molecule has 0 rings (SSSR count). The first-order chi connectivity index (χ1) is 28.5. The monoisotopic (exact) mass is 807 g/mol. The zero-order chi connectivity index (χ0) is 42.3. The van der Waals surface area contributed by atoms with Crippen molar-refractivity contribution in [3.63, 3.8) is 0 Å². The maximum absolute atomic E-state index is 12.7. The van der Waals surface area contributed by atoms with E-state index in [1.54, 1.807) is 0 Å². The quantitative estimate of drug-likeness (QED) is 0.0265. The predicted molar refractivity (Wildman–Crippen MR) is 247 cm³/mol. The molecule has 1 unspecified atom stereocenters. The van der Waals surface area contributed by atoms with Crippen LogP contribution in [-0.2, 0) is 28.6 Å². The summed E-state index contributed by atoms with van der Waals surface area (Å²) in [5.41, 5.74) is 0. The normalized spacial score (nSPS) is 12.8. The Bertz CT molecular complexity index is 1160. The molecule has 58 heavy (non-hydrogen) atoms. The number of allylic oxidation sites excluding steroid dienone is 14. The van der Waals surface area contributed by atoms with Crippen molar-refractivity contribution in [1.82, 2.24) is 0 Å². The van der Waals surface area contributed by atoms with Gasteiger partial charge in [-0.25, -0.2) is 0 Å². The molecule has 6 heteroatoms. The summed E-state index contributed by atoms with van der Waals surface area (Å²) in [4.78, 5) is 37.7. The Labute approximate surface area is 356 Å². The fraction of sp³-hybridized carbons (Fsp3) is 0.673. The van der Waals surface area contributed by atoms with Crippen molar-refractivity contribution in [1.29, 1.82) is 0 Å². The molecule has 0 heterocycles. The standard InChI is InChI=1S/C52H86O6/c1-4-7-10-13-16-19-22-24-25-26-28-30-33-36-39-42-45-51(54)57-48-49(47-56-50(53)44-41-38-35-32-29-21-18-15-12-9-6-3)58-52(55)46-43-40-37-34-31-27-23-20-17-14-11-8-5-2/h8,11,14,17,20,23,25-28,30-31,34,37,49H,4-7,9-10,12-13,15-16,18-19,21-22,24,29,32-33,35-36,38-48H2,1-3H3/b11-8-,17-14-,23-20-,26-25-,30-28-,31-27-,37-34-. The number of rotatable bonds is 41. The minimum Gasteiger partial charge on any atom is -0.462 e. The van der Waals surface area contributed by atoms with Crippen LogP contribution in [0.1, 0.15) is 207 Å². The van der Waals surface area contributed by atoms with Crippen molar-refractivity contribution in [2.45, 2.75) is 213 Å². The Hall–Kier alpha value is -3.41. The molecule has 0 saturated heterocycles. The SMILES string of the molecule is CC\C=C/C=C\C=C/C=C\C=C/CCCC(=O)OC(COC(=O)CCCCC/C=C\C=C/CCCCCCCCC)COC(=O)CCCCCCCCCCCCC. The second-order valence-electron chi connectivity index (χ2n) is 15.4. The summed E-state index contributed by atoms with van der Waals surface area (Å²) in [6.45, 7) is 6.38. The topological polar surface area (TPSA) is 78.9 Å². The molecule has 0 aromatic carbocycles. The van der Waals surface area contributed by atoms with Crippen LogP contribution < -0.4 is 0 Å². The number of ether oxygens (including phenoxy) is 3. The van der Waals surface area contributed by atoms with E-state index in [2.05, 4.69) is 51.2 Å². The van der Waals surface area contributed by atoms with Gasteiger partial charge in [0.2, 0.25) is 0 Å². The third-order valence-electron chi connectivity index (χ3n) is 9.79. The molecule has 330 valence electrons. The molecule has 6 nitrogen and oxygen atoms in total. The number of hydrogen-bond acceptors (Lipinski definition) is 6. The third-order valence-corrected chi connectivity index (χ3v) is 9.79. The lowest BCUT2D eigenvalue weighted by Gasteiger charge is -2.18. The first-order valence-electron chi connectivity index (χ1n) is 23.7. The zero-order valence-corrected chi connectivity index (χ0v) is 37.5. The van der Waals surface area contributed by atoms with Gasteiger partial charge in [0.05, 0.1) is 0 Å². The average Bonchev–Trinajstić information content (AvgIpc) is 3.22. The van der Waals surface area contributed by atoms with Gasteiger partial charge in [0.15, 0.2) is 6.10 Å². The molecule has 0 radical (unpaired) electrons. The van der Waals surface area contributed by atoms with Crippen molar-refractivity contribution >= 4 is 17.9 Å². The Morgan fingerprint density at radius 1 is 0.362 bits per heavy atom. The van der Waals surface area contributed by atoms with Crippen LogP contribution in [0.4, 0.5) is 0 Å². The molecule has 0 saturated carbocycles. The molecule has 0 aliphatic rings. The van der Waals surface area contributed by atoms with Crippen LogP contribution in [0.25, 0.3) is 0 Å². The lowest BCUT2D eigenvalue weighted by Crippen LogP contribution is -2.30. The molecule has 1 atom stereocenters. The number of esters is 3. The number of carbonyl (C=O) groups is 3. The van der Waals surface area contributed by atoms with Crippen molar-refractivity contribution in [3.8, 4) is 0 Å². The number of hydrogen-bond donors (Lipinski definition) is 0. The van der Waals surface area contributed by atoms with Gasteiger partial charge in [-0.3, -0.25) is 14.4 Å². The maximum atomic E-state index is 12.7. The highest BCUT2D eigenvalue weighted by molar-refractivity contribution is 5.71. The fourth-order valence-corrected chi connectivity index (χ4v) is 6.23. The zero-order valence-electron chi connectivity index (χ0n) is 37.5. The van der Waals surface area contributed by atoms with Gasteiger partial charge in [-0.1, -0.05) is 215 Å². The fourth-order valence-electron chi connectivity index (χ4n) is 6.23. The summed E-state index contributed by atoms with van der Waals surface area (Å²) in [5.74, 6) is -1.02. The number of unbranched alkanes of at least 4 members (excludes halogenated alkanes) is 21. The molecule has 0 spiro atoms. The van der Waals surface area contributed by atoms with E-state index in [4.69, 9.17) is 14.2 Å². The van der Waals surface area contributed by atoms with Crippen molar-refractivity contribution < 1.29 is 28.6 Å². The highest BCUT2D eigenvalue weighted by Crippen LogP contribution is 2.13. The minimum atomic E-state index is -0.821. The largest absolute Gasteiger partial charge is 0.462 e. The van der Waals surface area contributed by atoms with Crippen LogP contribution in [-0.4, -0.2) is 37.2 Å². The van der Waals surface area contributed by atoms with Gasteiger partial charge in [-0.05, 0) is 57.8 Å². The van der Waals surface area contributed by atoms with Crippen LogP contribution in [0.2, 0.25) is 0 Å². The Kier molecular flexibility index (Phi) is 43.6. The highest BCUT2D eigenvalue weighted by atomic mass is 16.6. The van der Waals surface area contributed by atoms with Gasteiger partial charge >= 0.3 is 17.9 Å². The molecule has 0 bridgehead atoms. The van der Waals surface area contributed by atoms with Crippen LogP contribution in [0.15, 0.2) is 85.1 Å². The van der Waals surface area contributed by atoms with Crippen LogP contribution >= 0.6 is 0 Å². The van der Waals surface area contributed by atoms with E-state index in [1.807, 2.05) is 54.7 Å². The van der Waals surface area contributed by atoms with E-state index in [9.17, 15) is 14.4 Å². The van der Waals surface area contributed by atoms with Crippen molar-refractivity contribution in [2.24, 2.45) is 0 Å². The third kappa shape index (κ3) is 43.7. The van der Waals surface area contributed by atoms with Gasteiger partial charge in [0.1, 0.15) is 13.2 Å². The molecule has 0 amide bonds. The molecular weight excluding hydrogens is 721 g/mol. The maximum Gasteiger partial charge on any atom is 0.306 e. The molecule has 0 aliphatic carbocycles. The van der Waals surface area contributed by atoms with E-state index in [-0.39, 0.29) is 37.5 Å². The van der Waals surface area contributed by atoms with E-state index in [1.165, 1.54) is 96.3 Å². The Morgan fingerprint density at radius 3 is 1.14 bits per heavy atom. The average molecular weight is 807 g/mol. The van der Waals surface area contributed by atoms with E-state index < -0.39 is 6.10 Å². The van der Waals surface area contributed by atoms with Crippen molar-refractivity contribution in [3.05, 3.63) is 85.1 Å². The summed E-state index contributed by atoms with van der Waals surface area (Å²) in [6, 6.07) is 0. The number of carbonyl (C=O) groups excluding carboxylic acids is 3. The summed E-state index contributed by atoms with van der Waals surface area (Å²) in [7, 11) is 0. The summed E-state index contributed by atoms with van der Waals surface area (Å²) in [6.07, 6.45) is 58.6. The van der Waals surface area contributed by atoms with Gasteiger partial charge in [0.25, 0.3) is 0 Å². The van der Waals surface area contributed by atoms with E-state index in [0.717, 1.165) is 64.2 Å². The highest BCUT2D eigenvalue weighted by Gasteiger charge is 2.19.